The first-order valence-electron chi connectivity index (χ1n) is 5.22. The van der Waals surface area contributed by atoms with E-state index in [-0.39, 0.29) is 12.3 Å². The average molecular weight is 244 g/mol. The summed E-state index contributed by atoms with van der Waals surface area (Å²) in [7, 11) is 1.76. The van der Waals surface area contributed by atoms with Crippen molar-refractivity contribution in [2.45, 2.75) is 6.42 Å². The van der Waals surface area contributed by atoms with Gasteiger partial charge in [-0.1, -0.05) is 18.2 Å². The van der Waals surface area contributed by atoms with Gasteiger partial charge in [0.2, 0.25) is 0 Å². The molecule has 0 aromatic heterocycles. The lowest BCUT2D eigenvalue weighted by molar-refractivity contribution is -0.112. The van der Waals surface area contributed by atoms with Crippen molar-refractivity contribution in [3.63, 3.8) is 0 Å². The first-order valence-corrected chi connectivity index (χ1v) is 6.44. The number of amides is 1. The number of carbonyl (C=O) groups excluding carboxylic acids is 1. The summed E-state index contributed by atoms with van der Waals surface area (Å²) in [5.74, 6) is -0.0224. The summed E-state index contributed by atoms with van der Waals surface area (Å²) in [6, 6.07) is 9.79. The van der Waals surface area contributed by atoms with Crippen LogP contribution in [0.1, 0.15) is 12.0 Å². The Labute approximate surface area is 105 Å². The van der Waals surface area contributed by atoms with Crippen molar-refractivity contribution in [3.05, 3.63) is 34.7 Å². The van der Waals surface area contributed by atoms with E-state index in [1.807, 2.05) is 30.5 Å². The number of thioether (sulfide) groups is 1. The number of hydrogen-bond acceptors (Lipinski definition) is 3. The Morgan fingerprint density at radius 3 is 2.82 bits per heavy atom. The van der Waals surface area contributed by atoms with E-state index in [0.29, 0.717) is 5.57 Å². The summed E-state index contributed by atoms with van der Waals surface area (Å²) in [5.41, 5.74) is 2.52. The van der Waals surface area contributed by atoms with Crippen LogP contribution in [0.3, 0.4) is 0 Å². The highest BCUT2D eigenvalue weighted by Crippen LogP contribution is 2.40. The summed E-state index contributed by atoms with van der Waals surface area (Å²) < 4.78 is 0. The van der Waals surface area contributed by atoms with Gasteiger partial charge >= 0.3 is 0 Å². The van der Waals surface area contributed by atoms with Gasteiger partial charge in [-0.25, -0.2) is 0 Å². The summed E-state index contributed by atoms with van der Waals surface area (Å²) in [4.78, 5) is 14.7. The molecular formula is C13H12N2OS. The molecule has 0 unspecified atom stereocenters. The molecule has 3 nitrogen and oxygen atoms in total. The predicted molar refractivity (Wildman–Crippen MR) is 70.5 cm³/mol. The lowest BCUT2D eigenvalue weighted by Crippen LogP contribution is -2.20. The second-order valence-corrected chi connectivity index (χ2v) is 4.62. The van der Waals surface area contributed by atoms with Crippen LogP contribution in [0.15, 0.2) is 29.2 Å². The zero-order valence-corrected chi connectivity index (χ0v) is 10.5. The Morgan fingerprint density at radius 1 is 1.47 bits per heavy atom. The third kappa shape index (κ3) is 1.83. The van der Waals surface area contributed by atoms with Crippen LogP contribution in [0, 0.1) is 11.3 Å². The topological polar surface area (TPSA) is 44.1 Å². The fraction of sp³-hybridized carbons (Fsp3) is 0.231. The van der Waals surface area contributed by atoms with Crippen molar-refractivity contribution in [1.29, 1.82) is 5.26 Å². The molecule has 0 saturated carbocycles. The van der Waals surface area contributed by atoms with Crippen LogP contribution in [-0.2, 0) is 4.79 Å². The molecule has 0 aliphatic carbocycles. The summed E-state index contributed by atoms with van der Waals surface area (Å²) in [5, 5.41) is 8.81. The Kier molecular flexibility index (Phi) is 3.21. The van der Waals surface area contributed by atoms with E-state index in [2.05, 4.69) is 6.07 Å². The van der Waals surface area contributed by atoms with Gasteiger partial charge in [0.1, 0.15) is 0 Å². The Hall–Kier alpha value is -1.73. The number of carbonyl (C=O) groups is 1. The monoisotopic (exact) mass is 244 g/mol. The van der Waals surface area contributed by atoms with E-state index < -0.39 is 0 Å². The van der Waals surface area contributed by atoms with Crippen molar-refractivity contribution >= 4 is 28.9 Å². The number of anilines is 1. The van der Waals surface area contributed by atoms with Gasteiger partial charge in [-0.2, -0.15) is 5.26 Å². The maximum atomic E-state index is 12.2. The SMILES string of the molecule is CS/C(CC#N)=C1/C(=O)N(C)c2ccccc21. The predicted octanol–water partition coefficient (Wildman–Crippen LogP) is 2.65. The second-order valence-electron chi connectivity index (χ2n) is 3.72. The molecule has 0 bridgehead atoms. The van der Waals surface area contributed by atoms with E-state index in [1.165, 1.54) is 11.8 Å². The summed E-state index contributed by atoms with van der Waals surface area (Å²) >= 11 is 1.47. The van der Waals surface area contributed by atoms with Crippen molar-refractivity contribution in [1.82, 2.24) is 0 Å². The van der Waals surface area contributed by atoms with E-state index in [4.69, 9.17) is 5.26 Å². The fourth-order valence-electron chi connectivity index (χ4n) is 1.97. The standard InChI is InChI=1S/C13H12N2OS/c1-15-10-6-4-3-5-9(10)12(13(15)16)11(17-2)7-8-14/h3-6H,7H2,1-2H3/b12-11+. The minimum atomic E-state index is -0.0224. The highest BCUT2D eigenvalue weighted by atomic mass is 32.2. The van der Waals surface area contributed by atoms with E-state index >= 15 is 0 Å². The molecule has 86 valence electrons. The molecule has 2 rings (SSSR count). The van der Waals surface area contributed by atoms with E-state index in [9.17, 15) is 4.79 Å². The zero-order chi connectivity index (χ0) is 12.4. The Bertz CT molecular complexity index is 543. The minimum Gasteiger partial charge on any atom is -0.311 e. The number of fused-ring (bicyclic) bond motifs is 1. The maximum absolute atomic E-state index is 12.2. The van der Waals surface area contributed by atoms with Crippen LogP contribution in [0.4, 0.5) is 5.69 Å². The number of nitrogens with zero attached hydrogens (tertiary/aromatic N) is 2. The molecule has 17 heavy (non-hydrogen) atoms. The molecule has 0 atom stereocenters. The first kappa shape index (κ1) is 11.7. The maximum Gasteiger partial charge on any atom is 0.259 e. The largest absolute Gasteiger partial charge is 0.311 e. The third-order valence-electron chi connectivity index (χ3n) is 2.82. The van der Waals surface area contributed by atoms with Gasteiger partial charge in [0, 0.05) is 17.5 Å². The molecule has 1 aromatic carbocycles. The van der Waals surface area contributed by atoms with E-state index in [0.717, 1.165) is 16.2 Å². The molecule has 1 aromatic rings. The average Bonchev–Trinajstić information content (AvgIpc) is 2.61. The molecule has 1 aliphatic heterocycles. The van der Waals surface area contributed by atoms with Gasteiger partial charge in [-0.05, 0) is 12.3 Å². The van der Waals surface area contributed by atoms with Gasteiger partial charge in [-0.15, -0.1) is 11.8 Å². The lowest BCUT2D eigenvalue weighted by Gasteiger charge is -2.08. The first-order chi connectivity index (χ1) is 8.20. The normalized spacial score (nSPS) is 16.8. The van der Waals surface area contributed by atoms with Crippen LogP contribution in [0.2, 0.25) is 0 Å². The van der Waals surface area contributed by atoms with Crippen LogP contribution in [0.25, 0.3) is 5.57 Å². The molecule has 0 spiro atoms. The quantitative estimate of drug-likeness (QED) is 0.751. The zero-order valence-electron chi connectivity index (χ0n) is 9.73. The third-order valence-corrected chi connectivity index (χ3v) is 3.66. The molecule has 0 radical (unpaired) electrons. The number of allylic oxidation sites excluding steroid dienone is 1. The van der Waals surface area contributed by atoms with Crippen LogP contribution < -0.4 is 4.90 Å². The molecule has 0 saturated heterocycles. The molecule has 4 heteroatoms. The van der Waals surface area contributed by atoms with Gasteiger partial charge < -0.3 is 4.90 Å². The van der Waals surface area contributed by atoms with E-state index in [1.54, 1.807) is 11.9 Å². The highest BCUT2D eigenvalue weighted by Gasteiger charge is 2.31. The van der Waals surface area contributed by atoms with Crippen molar-refractivity contribution in [2.24, 2.45) is 0 Å². The summed E-state index contributed by atoms with van der Waals surface area (Å²) in [6.45, 7) is 0. The van der Waals surface area contributed by atoms with Gasteiger partial charge in [-0.3, -0.25) is 4.79 Å². The number of rotatable bonds is 2. The molecule has 1 amide bonds. The molecule has 1 aliphatic rings. The molecule has 0 N–H and O–H groups in total. The smallest absolute Gasteiger partial charge is 0.259 e. The van der Waals surface area contributed by atoms with Crippen LogP contribution >= 0.6 is 11.8 Å². The van der Waals surface area contributed by atoms with Crippen LogP contribution in [0.5, 0.6) is 0 Å². The van der Waals surface area contributed by atoms with Crippen molar-refractivity contribution in [3.8, 4) is 6.07 Å². The molecule has 0 fully saturated rings. The minimum absolute atomic E-state index is 0.0224. The number of likely N-dealkylation sites (N-methyl/N-ethyl adjacent to an activating group) is 1. The lowest BCUT2D eigenvalue weighted by atomic mass is 10.1. The van der Waals surface area contributed by atoms with Gasteiger partial charge in [0.25, 0.3) is 5.91 Å². The number of hydrogen-bond donors (Lipinski definition) is 0. The molecule has 1 heterocycles. The van der Waals surface area contributed by atoms with Crippen LogP contribution in [-0.4, -0.2) is 19.2 Å². The number of nitriles is 1. The fourth-order valence-corrected chi connectivity index (χ4v) is 2.58. The highest BCUT2D eigenvalue weighted by molar-refractivity contribution is 8.02. The number of benzene rings is 1. The summed E-state index contributed by atoms with van der Waals surface area (Å²) in [6.07, 6.45) is 2.18. The Balaban J connectivity index is 2.64. The van der Waals surface area contributed by atoms with Crippen molar-refractivity contribution in [2.75, 3.05) is 18.2 Å². The van der Waals surface area contributed by atoms with Gasteiger partial charge in [0.15, 0.2) is 0 Å². The molecular weight excluding hydrogens is 232 g/mol. The van der Waals surface area contributed by atoms with Gasteiger partial charge in [0.05, 0.1) is 23.8 Å². The second kappa shape index (κ2) is 4.64. The number of para-hydroxylation sites is 1. The Morgan fingerprint density at radius 2 is 2.18 bits per heavy atom. The van der Waals surface area contributed by atoms with Crippen molar-refractivity contribution < 1.29 is 4.79 Å².